The van der Waals surface area contributed by atoms with Crippen molar-refractivity contribution >= 4 is 21.8 Å². The molecular formula is C21H23N3O3S. The fourth-order valence-electron chi connectivity index (χ4n) is 3.81. The van der Waals surface area contributed by atoms with Gasteiger partial charge in [0.2, 0.25) is 5.91 Å². The van der Waals surface area contributed by atoms with Crippen LogP contribution in [0.15, 0.2) is 57.8 Å². The summed E-state index contributed by atoms with van der Waals surface area (Å²) < 4.78 is 28.5. The Bertz CT molecular complexity index is 1040. The molecule has 4 rings (SSSR count). The maximum atomic E-state index is 12.6. The van der Waals surface area contributed by atoms with Crippen LogP contribution in [-0.4, -0.2) is 38.2 Å². The lowest BCUT2D eigenvalue weighted by Gasteiger charge is -2.32. The van der Waals surface area contributed by atoms with Crippen LogP contribution >= 0.6 is 0 Å². The minimum atomic E-state index is -3.61. The molecule has 7 heteroatoms. The maximum absolute atomic E-state index is 12.6. The van der Waals surface area contributed by atoms with Gasteiger partial charge in [0.1, 0.15) is 4.90 Å². The van der Waals surface area contributed by atoms with E-state index in [0.29, 0.717) is 43.9 Å². The van der Waals surface area contributed by atoms with E-state index in [-0.39, 0.29) is 16.7 Å². The Morgan fingerprint density at radius 3 is 2.54 bits per heavy atom. The number of benzene rings is 2. The van der Waals surface area contributed by atoms with E-state index < -0.39 is 10.0 Å². The third-order valence-corrected chi connectivity index (χ3v) is 6.82. The van der Waals surface area contributed by atoms with Gasteiger partial charge in [-0.1, -0.05) is 36.4 Å². The van der Waals surface area contributed by atoms with Crippen molar-refractivity contribution in [3.05, 3.63) is 65.2 Å². The largest absolute Gasteiger partial charge is 0.355 e. The molecule has 0 bridgehead atoms. The molecule has 1 amide bonds. The molecule has 2 aromatic carbocycles. The zero-order valence-electron chi connectivity index (χ0n) is 15.8. The molecule has 0 aromatic heterocycles. The minimum absolute atomic E-state index is 0.0595. The summed E-state index contributed by atoms with van der Waals surface area (Å²) >= 11 is 0. The number of hydrogen-bond acceptors (Lipinski definition) is 4. The topological polar surface area (TPSA) is 78.8 Å². The predicted molar refractivity (Wildman–Crippen MR) is 107 cm³/mol. The number of fused-ring (bicyclic) bond motifs is 1. The van der Waals surface area contributed by atoms with Crippen LogP contribution in [0.3, 0.4) is 0 Å². The van der Waals surface area contributed by atoms with E-state index in [1.807, 2.05) is 42.2 Å². The lowest BCUT2D eigenvalue weighted by molar-refractivity contribution is -0.126. The molecule has 1 fully saturated rings. The first-order valence-corrected chi connectivity index (χ1v) is 10.9. The number of likely N-dealkylation sites (tertiary alicyclic amines) is 1. The van der Waals surface area contributed by atoms with Crippen molar-refractivity contribution in [3.63, 3.8) is 0 Å². The summed E-state index contributed by atoms with van der Waals surface area (Å²) in [5.41, 5.74) is 2.94. The van der Waals surface area contributed by atoms with Gasteiger partial charge in [0.05, 0.1) is 0 Å². The van der Waals surface area contributed by atoms with Gasteiger partial charge in [0.15, 0.2) is 5.84 Å². The molecule has 1 N–H and O–H groups in total. The summed E-state index contributed by atoms with van der Waals surface area (Å²) in [4.78, 5) is 14.8. The molecule has 0 spiro atoms. The SMILES string of the molecule is Cc1ccccc1CNC(=O)C1CCN(C2=NS(=O)(=O)c3ccccc32)CC1. The number of aryl methyl sites for hydroxylation is 1. The Balaban J connectivity index is 1.38. The zero-order valence-corrected chi connectivity index (χ0v) is 16.6. The van der Waals surface area contributed by atoms with E-state index in [1.165, 1.54) is 0 Å². The molecule has 0 saturated carbocycles. The summed E-state index contributed by atoms with van der Waals surface area (Å²) in [7, 11) is -3.61. The average molecular weight is 398 g/mol. The summed E-state index contributed by atoms with van der Waals surface area (Å²) in [5.74, 6) is 0.507. The van der Waals surface area contributed by atoms with Gasteiger partial charge in [-0.15, -0.1) is 4.40 Å². The van der Waals surface area contributed by atoms with Gasteiger partial charge < -0.3 is 10.2 Å². The van der Waals surface area contributed by atoms with Crippen LogP contribution in [0.1, 0.15) is 29.5 Å². The first kappa shape index (κ1) is 18.7. The van der Waals surface area contributed by atoms with Gasteiger partial charge in [-0.05, 0) is 43.0 Å². The highest BCUT2D eigenvalue weighted by molar-refractivity contribution is 7.90. The van der Waals surface area contributed by atoms with E-state index in [2.05, 4.69) is 9.71 Å². The molecule has 2 aromatic rings. The van der Waals surface area contributed by atoms with Crippen LogP contribution in [0.4, 0.5) is 0 Å². The van der Waals surface area contributed by atoms with Crippen molar-refractivity contribution < 1.29 is 13.2 Å². The fraction of sp³-hybridized carbons (Fsp3) is 0.333. The quantitative estimate of drug-likeness (QED) is 0.863. The van der Waals surface area contributed by atoms with Gasteiger partial charge in [-0.3, -0.25) is 4.79 Å². The average Bonchev–Trinajstić information content (AvgIpc) is 2.99. The van der Waals surface area contributed by atoms with Crippen LogP contribution in [-0.2, 0) is 21.4 Å². The highest BCUT2D eigenvalue weighted by Crippen LogP contribution is 2.29. The molecule has 0 atom stereocenters. The fourth-order valence-corrected chi connectivity index (χ4v) is 5.03. The Morgan fingerprint density at radius 1 is 1.11 bits per heavy atom. The maximum Gasteiger partial charge on any atom is 0.285 e. The molecule has 1 saturated heterocycles. The van der Waals surface area contributed by atoms with E-state index in [0.717, 1.165) is 11.1 Å². The smallest absolute Gasteiger partial charge is 0.285 e. The van der Waals surface area contributed by atoms with Crippen molar-refractivity contribution in [2.75, 3.05) is 13.1 Å². The van der Waals surface area contributed by atoms with Crippen molar-refractivity contribution in [1.29, 1.82) is 0 Å². The third kappa shape index (κ3) is 3.54. The minimum Gasteiger partial charge on any atom is -0.355 e. The summed E-state index contributed by atoms with van der Waals surface area (Å²) in [6, 6.07) is 14.9. The summed E-state index contributed by atoms with van der Waals surface area (Å²) in [5, 5.41) is 3.04. The molecule has 2 aliphatic rings. The number of sulfonamides is 1. The van der Waals surface area contributed by atoms with E-state index in [9.17, 15) is 13.2 Å². The van der Waals surface area contributed by atoms with E-state index >= 15 is 0 Å². The normalized spacial score (nSPS) is 18.5. The number of hydrogen-bond donors (Lipinski definition) is 1. The second kappa shape index (κ2) is 7.39. The Hall–Kier alpha value is -2.67. The lowest BCUT2D eigenvalue weighted by Crippen LogP contribution is -2.43. The van der Waals surface area contributed by atoms with Gasteiger partial charge in [-0.25, -0.2) is 0 Å². The standard InChI is InChI=1S/C21H23N3O3S/c1-15-6-2-3-7-17(15)14-22-21(25)16-10-12-24(13-11-16)20-18-8-4-5-9-19(18)28(26,27)23-20/h2-9,16H,10-14H2,1H3,(H,22,25). The molecule has 6 nitrogen and oxygen atoms in total. The lowest BCUT2D eigenvalue weighted by atomic mass is 9.95. The van der Waals surface area contributed by atoms with Gasteiger partial charge in [-0.2, -0.15) is 8.42 Å². The number of piperidine rings is 1. The molecule has 0 radical (unpaired) electrons. The monoisotopic (exact) mass is 397 g/mol. The molecule has 0 aliphatic carbocycles. The number of amides is 1. The third-order valence-electron chi connectivity index (χ3n) is 5.49. The first-order valence-electron chi connectivity index (χ1n) is 9.47. The van der Waals surface area contributed by atoms with Crippen LogP contribution in [0, 0.1) is 12.8 Å². The van der Waals surface area contributed by atoms with Crippen LogP contribution in [0.2, 0.25) is 0 Å². The van der Waals surface area contributed by atoms with Crippen molar-refractivity contribution in [2.24, 2.45) is 10.3 Å². The molecule has 2 aliphatic heterocycles. The zero-order chi connectivity index (χ0) is 19.7. The van der Waals surface area contributed by atoms with Gasteiger partial charge in [0, 0.05) is 31.1 Å². The molecule has 0 unspecified atom stereocenters. The Morgan fingerprint density at radius 2 is 1.79 bits per heavy atom. The van der Waals surface area contributed by atoms with Gasteiger partial charge >= 0.3 is 0 Å². The number of carbonyl (C=O) groups excluding carboxylic acids is 1. The van der Waals surface area contributed by atoms with Crippen LogP contribution in [0.5, 0.6) is 0 Å². The van der Waals surface area contributed by atoms with E-state index in [4.69, 9.17) is 0 Å². The van der Waals surface area contributed by atoms with Crippen LogP contribution in [0.25, 0.3) is 0 Å². The molecule has 28 heavy (non-hydrogen) atoms. The summed E-state index contributed by atoms with van der Waals surface area (Å²) in [6.07, 6.45) is 1.36. The number of nitrogens with zero attached hydrogens (tertiary/aromatic N) is 2. The van der Waals surface area contributed by atoms with Crippen molar-refractivity contribution in [3.8, 4) is 0 Å². The molecule has 146 valence electrons. The Labute approximate surface area is 165 Å². The number of amidine groups is 1. The van der Waals surface area contributed by atoms with Crippen LogP contribution < -0.4 is 5.32 Å². The predicted octanol–water partition coefficient (Wildman–Crippen LogP) is 2.47. The number of nitrogens with one attached hydrogen (secondary N) is 1. The molecular weight excluding hydrogens is 374 g/mol. The molecule has 2 heterocycles. The highest BCUT2D eigenvalue weighted by atomic mass is 32.2. The number of carbonyl (C=O) groups is 1. The second-order valence-electron chi connectivity index (χ2n) is 7.29. The van der Waals surface area contributed by atoms with Crippen molar-refractivity contribution in [2.45, 2.75) is 31.2 Å². The highest BCUT2D eigenvalue weighted by Gasteiger charge is 2.34. The Kier molecular flexibility index (Phi) is 4.93. The first-order chi connectivity index (χ1) is 13.5. The van der Waals surface area contributed by atoms with Gasteiger partial charge in [0.25, 0.3) is 10.0 Å². The second-order valence-corrected chi connectivity index (χ2v) is 8.86. The van der Waals surface area contributed by atoms with E-state index in [1.54, 1.807) is 18.2 Å². The summed E-state index contributed by atoms with van der Waals surface area (Å²) in [6.45, 7) is 3.80. The number of rotatable bonds is 3. The van der Waals surface area contributed by atoms with Crippen molar-refractivity contribution in [1.82, 2.24) is 10.2 Å².